The van der Waals surface area contributed by atoms with Crippen LogP contribution in [-0.4, -0.2) is 28.5 Å². The zero-order valence-corrected chi connectivity index (χ0v) is 23.1. The molecule has 0 bridgehead atoms. The minimum absolute atomic E-state index is 0.169. The standard InChI is InChI=1S/C33H29F3N2O4/c1-3-40-31(39)19-23-16-22(2)17-28(18-23)41-21-26-9-5-4-8-25(26)20-38-30-11-7-6-10-29(30)37-32(38)24-12-14-27(15-13-24)42-33(34,35)36/h4-18H,3,19-21H2,1-2H3. The van der Waals surface area contributed by atoms with Crippen molar-refractivity contribution < 1.29 is 32.2 Å². The van der Waals surface area contributed by atoms with E-state index in [4.69, 9.17) is 14.5 Å². The molecule has 5 aromatic rings. The number of esters is 1. The molecule has 0 radical (unpaired) electrons. The average Bonchev–Trinajstić information content (AvgIpc) is 3.30. The summed E-state index contributed by atoms with van der Waals surface area (Å²) in [7, 11) is 0. The highest BCUT2D eigenvalue weighted by molar-refractivity contribution is 5.81. The number of carbonyl (C=O) groups excluding carboxylic acids is 1. The number of imidazole rings is 1. The van der Waals surface area contributed by atoms with Gasteiger partial charge >= 0.3 is 12.3 Å². The normalized spacial score (nSPS) is 11.5. The van der Waals surface area contributed by atoms with E-state index in [1.54, 1.807) is 19.1 Å². The number of nitrogens with zero attached hydrogens (tertiary/aromatic N) is 2. The molecule has 0 N–H and O–H groups in total. The van der Waals surface area contributed by atoms with Gasteiger partial charge in [-0.05, 0) is 84.6 Å². The van der Waals surface area contributed by atoms with Crippen molar-refractivity contribution in [1.29, 1.82) is 0 Å². The molecule has 0 spiro atoms. The molecule has 0 unspecified atom stereocenters. The van der Waals surface area contributed by atoms with Gasteiger partial charge in [0.05, 0.1) is 30.6 Å². The van der Waals surface area contributed by atoms with Crippen molar-refractivity contribution in [3.8, 4) is 22.9 Å². The van der Waals surface area contributed by atoms with Gasteiger partial charge in [0, 0.05) is 5.56 Å². The first kappa shape index (κ1) is 28.7. The number of rotatable bonds is 10. The summed E-state index contributed by atoms with van der Waals surface area (Å²) in [5.41, 5.74) is 6.07. The summed E-state index contributed by atoms with van der Waals surface area (Å²) in [6.07, 6.45) is -4.59. The van der Waals surface area contributed by atoms with Crippen LogP contribution in [0.15, 0.2) is 91.0 Å². The minimum atomic E-state index is -4.76. The highest BCUT2D eigenvalue weighted by Crippen LogP contribution is 2.30. The number of para-hydroxylation sites is 2. The number of carbonyl (C=O) groups is 1. The topological polar surface area (TPSA) is 62.6 Å². The maximum Gasteiger partial charge on any atom is 0.573 e. The molecule has 6 nitrogen and oxygen atoms in total. The molecule has 216 valence electrons. The van der Waals surface area contributed by atoms with Crippen LogP contribution in [0.3, 0.4) is 0 Å². The van der Waals surface area contributed by atoms with Crippen LogP contribution >= 0.6 is 0 Å². The Hall–Kier alpha value is -4.79. The van der Waals surface area contributed by atoms with Crippen molar-refractivity contribution in [2.45, 2.75) is 39.8 Å². The average molecular weight is 575 g/mol. The predicted molar refractivity (Wildman–Crippen MR) is 153 cm³/mol. The van der Waals surface area contributed by atoms with E-state index in [-0.39, 0.29) is 18.1 Å². The summed E-state index contributed by atoms with van der Waals surface area (Å²) < 4.78 is 55.4. The third-order valence-electron chi connectivity index (χ3n) is 6.61. The number of aryl methyl sites for hydroxylation is 1. The summed E-state index contributed by atoms with van der Waals surface area (Å²) in [5.74, 6) is 0.690. The maximum absolute atomic E-state index is 12.7. The van der Waals surface area contributed by atoms with Crippen molar-refractivity contribution >= 4 is 17.0 Å². The largest absolute Gasteiger partial charge is 0.573 e. The van der Waals surface area contributed by atoms with Gasteiger partial charge in [-0.15, -0.1) is 13.2 Å². The second-order valence-corrected chi connectivity index (χ2v) is 9.78. The van der Waals surface area contributed by atoms with Crippen molar-refractivity contribution in [3.63, 3.8) is 0 Å². The van der Waals surface area contributed by atoms with Crippen LogP contribution in [0.1, 0.15) is 29.2 Å². The lowest BCUT2D eigenvalue weighted by atomic mass is 10.1. The molecule has 0 aliphatic carbocycles. The number of hydrogen-bond donors (Lipinski definition) is 0. The third kappa shape index (κ3) is 7.09. The lowest BCUT2D eigenvalue weighted by molar-refractivity contribution is -0.274. The van der Waals surface area contributed by atoms with Gasteiger partial charge in [0.15, 0.2) is 0 Å². The SMILES string of the molecule is CCOC(=O)Cc1cc(C)cc(OCc2ccccc2Cn2c(-c3ccc(OC(F)(F)F)cc3)nc3ccccc32)c1. The molecule has 0 fully saturated rings. The number of ether oxygens (including phenoxy) is 3. The maximum atomic E-state index is 12.7. The lowest BCUT2D eigenvalue weighted by Gasteiger charge is -2.15. The van der Waals surface area contributed by atoms with Gasteiger partial charge in [-0.3, -0.25) is 4.79 Å². The zero-order valence-electron chi connectivity index (χ0n) is 23.1. The van der Waals surface area contributed by atoms with E-state index in [0.717, 1.165) is 33.3 Å². The van der Waals surface area contributed by atoms with E-state index < -0.39 is 6.36 Å². The Morgan fingerprint density at radius 2 is 1.60 bits per heavy atom. The summed E-state index contributed by atoms with van der Waals surface area (Å²) in [6.45, 7) is 4.81. The first-order valence-corrected chi connectivity index (χ1v) is 13.5. The Labute approximate surface area is 241 Å². The van der Waals surface area contributed by atoms with Gasteiger partial charge < -0.3 is 18.8 Å². The van der Waals surface area contributed by atoms with Crippen molar-refractivity contribution in [2.24, 2.45) is 0 Å². The van der Waals surface area contributed by atoms with Gasteiger partial charge in [0.1, 0.15) is 23.9 Å². The molecule has 0 saturated carbocycles. The molecule has 1 heterocycles. The zero-order chi connectivity index (χ0) is 29.7. The molecule has 0 aliphatic rings. The first-order valence-electron chi connectivity index (χ1n) is 13.5. The van der Waals surface area contributed by atoms with Crippen LogP contribution in [0, 0.1) is 6.92 Å². The number of benzene rings is 4. The molecule has 4 aromatic carbocycles. The smallest absolute Gasteiger partial charge is 0.489 e. The molecular weight excluding hydrogens is 545 g/mol. The fourth-order valence-corrected chi connectivity index (χ4v) is 4.83. The van der Waals surface area contributed by atoms with Gasteiger partial charge in [-0.2, -0.15) is 0 Å². The summed E-state index contributed by atoms with van der Waals surface area (Å²) in [5, 5.41) is 0. The predicted octanol–water partition coefficient (Wildman–Crippen LogP) is 7.64. The molecule has 0 saturated heterocycles. The van der Waals surface area contributed by atoms with Crippen LogP contribution in [0.5, 0.6) is 11.5 Å². The van der Waals surface area contributed by atoms with Crippen LogP contribution in [-0.2, 0) is 29.1 Å². The number of hydrogen-bond acceptors (Lipinski definition) is 5. The number of fused-ring (bicyclic) bond motifs is 1. The molecule has 9 heteroatoms. The number of alkyl halides is 3. The van der Waals surface area contributed by atoms with Crippen LogP contribution in [0.4, 0.5) is 13.2 Å². The Bertz CT molecular complexity index is 1690. The summed E-state index contributed by atoms with van der Waals surface area (Å²) in [4.78, 5) is 16.8. The molecule has 0 aliphatic heterocycles. The van der Waals surface area contributed by atoms with E-state index in [0.29, 0.717) is 36.9 Å². The lowest BCUT2D eigenvalue weighted by Crippen LogP contribution is -2.17. The fourth-order valence-electron chi connectivity index (χ4n) is 4.83. The highest BCUT2D eigenvalue weighted by atomic mass is 19.4. The van der Waals surface area contributed by atoms with Crippen LogP contribution in [0.2, 0.25) is 0 Å². The van der Waals surface area contributed by atoms with E-state index in [9.17, 15) is 18.0 Å². The van der Waals surface area contributed by atoms with Crippen molar-refractivity contribution in [2.75, 3.05) is 6.61 Å². The molecular formula is C33H29F3N2O4. The molecule has 5 rings (SSSR count). The monoisotopic (exact) mass is 574 g/mol. The Morgan fingerprint density at radius 3 is 2.33 bits per heavy atom. The first-order chi connectivity index (χ1) is 20.2. The van der Waals surface area contributed by atoms with E-state index in [1.165, 1.54) is 12.1 Å². The van der Waals surface area contributed by atoms with Gasteiger partial charge in [-0.25, -0.2) is 4.98 Å². The van der Waals surface area contributed by atoms with Gasteiger partial charge in [0.2, 0.25) is 0 Å². The molecule has 42 heavy (non-hydrogen) atoms. The summed E-state index contributed by atoms with van der Waals surface area (Å²) >= 11 is 0. The molecule has 0 atom stereocenters. The fraction of sp³-hybridized carbons (Fsp3) is 0.212. The molecule has 1 aromatic heterocycles. The van der Waals surface area contributed by atoms with Gasteiger partial charge in [0.25, 0.3) is 0 Å². The highest BCUT2D eigenvalue weighted by Gasteiger charge is 2.31. The third-order valence-corrected chi connectivity index (χ3v) is 6.61. The Balaban J connectivity index is 1.41. The second kappa shape index (κ2) is 12.4. The number of halogens is 3. The van der Waals surface area contributed by atoms with Gasteiger partial charge in [-0.1, -0.05) is 42.5 Å². The quantitative estimate of drug-likeness (QED) is 0.160. The van der Waals surface area contributed by atoms with Crippen molar-refractivity contribution in [1.82, 2.24) is 9.55 Å². The van der Waals surface area contributed by atoms with E-state index in [1.807, 2.05) is 78.2 Å². The van der Waals surface area contributed by atoms with Crippen LogP contribution in [0.25, 0.3) is 22.4 Å². The van der Waals surface area contributed by atoms with Crippen molar-refractivity contribution in [3.05, 3.63) is 113 Å². The second-order valence-electron chi connectivity index (χ2n) is 9.78. The summed E-state index contributed by atoms with van der Waals surface area (Å²) in [6, 6.07) is 27.0. The van der Waals surface area contributed by atoms with E-state index >= 15 is 0 Å². The Kier molecular flexibility index (Phi) is 8.47. The Morgan fingerprint density at radius 1 is 0.881 bits per heavy atom. The van der Waals surface area contributed by atoms with Crippen LogP contribution < -0.4 is 9.47 Å². The van der Waals surface area contributed by atoms with E-state index in [2.05, 4.69) is 4.74 Å². The minimum Gasteiger partial charge on any atom is -0.489 e. The molecule has 0 amide bonds. The number of aromatic nitrogens is 2.